The van der Waals surface area contributed by atoms with Gasteiger partial charge in [-0.1, -0.05) is 13.8 Å². The molecule has 0 N–H and O–H groups in total. The average molecular weight is 279 g/mol. The van der Waals surface area contributed by atoms with Gasteiger partial charge in [0.25, 0.3) is 0 Å². The van der Waals surface area contributed by atoms with Crippen LogP contribution in [0.15, 0.2) is 23.6 Å². The van der Waals surface area contributed by atoms with E-state index in [1.165, 1.54) is 18.2 Å². The molecule has 2 aromatic rings. The molecule has 0 atom stereocenters. The van der Waals surface area contributed by atoms with Crippen molar-refractivity contribution in [2.75, 3.05) is 0 Å². The summed E-state index contributed by atoms with van der Waals surface area (Å²) in [5, 5.41) is 2.97. The number of aldehydes is 1. The van der Waals surface area contributed by atoms with Crippen molar-refractivity contribution >= 4 is 17.6 Å². The van der Waals surface area contributed by atoms with Gasteiger partial charge in [0.05, 0.1) is 10.7 Å². The van der Waals surface area contributed by atoms with E-state index in [-0.39, 0.29) is 12.2 Å². The number of hydrogen-bond acceptors (Lipinski definition) is 4. The summed E-state index contributed by atoms with van der Waals surface area (Å²) in [5.74, 6) is 0.233. The van der Waals surface area contributed by atoms with Crippen molar-refractivity contribution in [1.82, 2.24) is 4.98 Å². The maximum absolute atomic E-state index is 13.2. The molecule has 0 aliphatic rings. The Bertz CT molecular complexity index is 581. The van der Waals surface area contributed by atoms with E-state index in [0.29, 0.717) is 18.0 Å². The van der Waals surface area contributed by atoms with E-state index >= 15 is 0 Å². The summed E-state index contributed by atoms with van der Waals surface area (Å²) < 4.78 is 18.7. The van der Waals surface area contributed by atoms with Crippen LogP contribution in [0.1, 0.15) is 40.8 Å². The molecule has 0 aliphatic heterocycles. The molecule has 0 amide bonds. The second-order valence-electron chi connectivity index (χ2n) is 4.46. The zero-order valence-electron chi connectivity index (χ0n) is 10.7. The number of aromatic nitrogens is 1. The molecular formula is C14H14FNO2S. The molecule has 19 heavy (non-hydrogen) atoms. The first-order valence-electron chi connectivity index (χ1n) is 5.91. The lowest BCUT2D eigenvalue weighted by molar-refractivity contribution is 0.112. The van der Waals surface area contributed by atoms with Gasteiger partial charge in [0.1, 0.15) is 24.5 Å². The highest BCUT2D eigenvalue weighted by molar-refractivity contribution is 7.09. The molecule has 0 bridgehead atoms. The first kappa shape index (κ1) is 13.7. The fraction of sp³-hybridized carbons (Fsp3) is 0.286. The van der Waals surface area contributed by atoms with Gasteiger partial charge in [-0.15, -0.1) is 11.3 Å². The second kappa shape index (κ2) is 5.93. The smallest absolute Gasteiger partial charge is 0.150 e. The van der Waals surface area contributed by atoms with E-state index in [4.69, 9.17) is 4.74 Å². The number of halogens is 1. The summed E-state index contributed by atoms with van der Waals surface area (Å²) >= 11 is 1.58. The van der Waals surface area contributed by atoms with Gasteiger partial charge in [0.2, 0.25) is 0 Å². The molecule has 0 unspecified atom stereocenters. The average Bonchev–Trinajstić information content (AvgIpc) is 2.84. The highest BCUT2D eigenvalue weighted by atomic mass is 32.1. The molecule has 1 aromatic heterocycles. The van der Waals surface area contributed by atoms with Crippen LogP contribution < -0.4 is 4.74 Å². The van der Waals surface area contributed by atoms with Crippen molar-refractivity contribution in [3.8, 4) is 5.75 Å². The van der Waals surface area contributed by atoms with Gasteiger partial charge >= 0.3 is 0 Å². The summed E-state index contributed by atoms with van der Waals surface area (Å²) in [6.45, 7) is 4.42. The first-order chi connectivity index (χ1) is 9.08. The molecule has 0 radical (unpaired) electrons. The fourth-order valence-corrected chi connectivity index (χ4v) is 2.37. The maximum atomic E-state index is 13.2. The highest BCUT2D eigenvalue weighted by Crippen LogP contribution is 2.21. The summed E-state index contributed by atoms with van der Waals surface area (Å²) in [5.41, 5.74) is 1.07. The predicted octanol–water partition coefficient (Wildman–Crippen LogP) is 3.80. The van der Waals surface area contributed by atoms with E-state index in [0.717, 1.165) is 10.7 Å². The molecule has 0 fully saturated rings. The number of thiazole rings is 1. The number of nitrogens with zero attached hydrogens (tertiary/aromatic N) is 1. The monoisotopic (exact) mass is 279 g/mol. The molecule has 0 aliphatic carbocycles. The molecule has 0 saturated carbocycles. The minimum absolute atomic E-state index is 0.260. The van der Waals surface area contributed by atoms with E-state index in [1.807, 2.05) is 5.38 Å². The van der Waals surface area contributed by atoms with E-state index in [2.05, 4.69) is 18.8 Å². The van der Waals surface area contributed by atoms with Crippen molar-refractivity contribution in [3.05, 3.63) is 45.7 Å². The van der Waals surface area contributed by atoms with Gasteiger partial charge in [0, 0.05) is 22.9 Å². The largest absolute Gasteiger partial charge is 0.487 e. The summed E-state index contributed by atoms with van der Waals surface area (Å²) in [6, 6.07) is 3.92. The van der Waals surface area contributed by atoms with Crippen LogP contribution in [-0.4, -0.2) is 11.3 Å². The molecule has 0 saturated heterocycles. The Labute approximate surface area is 115 Å². The molecule has 3 nitrogen and oxygen atoms in total. The summed E-state index contributed by atoms with van der Waals surface area (Å²) in [7, 11) is 0. The van der Waals surface area contributed by atoms with Crippen molar-refractivity contribution in [3.63, 3.8) is 0 Å². The predicted molar refractivity (Wildman–Crippen MR) is 72.3 cm³/mol. The molecule has 2 rings (SSSR count). The Morgan fingerprint density at radius 1 is 1.42 bits per heavy atom. The van der Waals surface area contributed by atoms with Crippen LogP contribution in [0.5, 0.6) is 5.75 Å². The third-order valence-electron chi connectivity index (χ3n) is 2.48. The quantitative estimate of drug-likeness (QED) is 0.781. The Morgan fingerprint density at radius 2 is 2.21 bits per heavy atom. The number of carbonyl (C=O) groups is 1. The zero-order valence-corrected chi connectivity index (χ0v) is 11.5. The topological polar surface area (TPSA) is 39.2 Å². The van der Waals surface area contributed by atoms with Gasteiger partial charge < -0.3 is 4.74 Å². The van der Waals surface area contributed by atoms with Gasteiger partial charge in [-0.25, -0.2) is 9.37 Å². The van der Waals surface area contributed by atoms with Gasteiger partial charge in [-0.05, 0) is 12.1 Å². The van der Waals surface area contributed by atoms with Crippen molar-refractivity contribution in [2.24, 2.45) is 0 Å². The minimum Gasteiger partial charge on any atom is -0.487 e. The molecule has 100 valence electrons. The minimum atomic E-state index is -0.485. The normalized spacial score (nSPS) is 10.7. The number of carbonyl (C=O) groups excluding carboxylic acids is 1. The third kappa shape index (κ3) is 3.61. The zero-order chi connectivity index (χ0) is 13.8. The molecule has 0 spiro atoms. The molecule has 1 heterocycles. The van der Waals surface area contributed by atoms with Crippen molar-refractivity contribution in [1.29, 1.82) is 0 Å². The highest BCUT2D eigenvalue weighted by Gasteiger charge is 2.07. The van der Waals surface area contributed by atoms with Crippen molar-refractivity contribution < 1.29 is 13.9 Å². The van der Waals surface area contributed by atoms with Crippen LogP contribution in [0.3, 0.4) is 0 Å². The Balaban J connectivity index is 2.05. The maximum Gasteiger partial charge on any atom is 0.150 e. The Kier molecular flexibility index (Phi) is 4.27. The number of hydrogen-bond donors (Lipinski definition) is 0. The molecular weight excluding hydrogens is 265 g/mol. The Morgan fingerprint density at radius 3 is 2.84 bits per heavy atom. The molecule has 1 aromatic carbocycles. The van der Waals surface area contributed by atoms with Gasteiger partial charge in [-0.2, -0.15) is 0 Å². The van der Waals surface area contributed by atoms with Crippen LogP contribution in [0, 0.1) is 5.82 Å². The van der Waals surface area contributed by atoms with Crippen molar-refractivity contribution in [2.45, 2.75) is 26.4 Å². The Hall–Kier alpha value is -1.75. The molecule has 5 heteroatoms. The first-order valence-corrected chi connectivity index (χ1v) is 6.79. The van der Waals surface area contributed by atoms with Crippen LogP contribution in [-0.2, 0) is 6.61 Å². The summed E-state index contributed by atoms with van der Waals surface area (Å²) in [4.78, 5) is 15.1. The lowest BCUT2D eigenvalue weighted by Crippen LogP contribution is -1.98. The fourth-order valence-electron chi connectivity index (χ4n) is 1.55. The van der Waals surface area contributed by atoms with Gasteiger partial charge in [-0.3, -0.25) is 4.79 Å². The van der Waals surface area contributed by atoms with Crippen LogP contribution in [0.25, 0.3) is 0 Å². The van der Waals surface area contributed by atoms with Gasteiger partial charge in [0.15, 0.2) is 0 Å². The standard InChI is InChI=1S/C14H14FNO2S/c1-9(2)14-16-12(8-19-14)7-18-13-4-10(6-17)3-11(15)5-13/h3-6,8-9H,7H2,1-2H3. The van der Waals surface area contributed by atoms with Crippen LogP contribution in [0.4, 0.5) is 4.39 Å². The second-order valence-corrected chi connectivity index (χ2v) is 5.35. The number of ether oxygens (including phenoxy) is 1. The van der Waals surface area contributed by atoms with Crippen LogP contribution in [0.2, 0.25) is 0 Å². The number of benzene rings is 1. The summed E-state index contributed by atoms with van der Waals surface area (Å²) in [6.07, 6.45) is 0.593. The van der Waals surface area contributed by atoms with E-state index in [9.17, 15) is 9.18 Å². The third-order valence-corrected chi connectivity index (χ3v) is 3.67. The van der Waals surface area contributed by atoms with E-state index < -0.39 is 5.82 Å². The van der Waals surface area contributed by atoms with Crippen LogP contribution >= 0.6 is 11.3 Å². The SMILES string of the molecule is CC(C)c1nc(COc2cc(F)cc(C=O)c2)cs1. The lowest BCUT2D eigenvalue weighted by atomic mass is 10.2. The number of rotatable bonds is 5. The van der Waals surface area contributed by atoms with E-state index in [1.54, 1.807) is 11.3 Å². The lowest BCUT2D eigenvalue weighted by Gasteiger charge is -2.05.